The van der Waals surface area contributed by atoms with Gasteiger partial charge in [-0.2, -0.15) is 4.31 Å². The molecule has 1 heterocycles. The fraction of sp³-hybridized carbons (Fsp3) is 0.308. The third-order valence-corrected chi connectivity index (χ3v) is 12.1. The topological polar surface area (TPSA) is 114 Å². The number of sulfonamides is 1. The van der Waals surface area contributed by atoms with E-state index < -0.39 is 68.0 Å². The Labute approximate surface area is 330 Å². The zero-order valence-electron chi connectivity index (χ0n) is 29.9. The van der Waals surface area contributed by atoms with Gasteiger partial charge in [-0.15, -0.1) is 0 Å². The third kappa shape index (κ3) is 8.71. The van der Waals surface area contributed by atoms with E-state index in [1.165, 1.54) is 41.3 Å². The lowest BCUT2D eigenvalue weighted by Gasteiger charge is -2.31. The average Bonchev–Trinajstić information content (AvgIpc) is 4.05. The van der Waals surface area contributed by atoms with Crippen LogP contribution in [0.5, 0.6) is 5.75 Å². The molecule has 296 valence electrons. The number of anilines is 2. The molecule has 4 aromatic carbocycles. The molecule has 0 atom stereocenters. The lowest BCUT2D eigenvalue weighted by Crippen LogP contribution is -2.43. The second-order valence-electron chi connectivity index (χ2n) is 13.1. The summed E-state index contributed by atoms with van der Waals surface area (Å²) < 4.78 is 99.0. The molecule has 0 N–H and O–H groups in total. The lowest BCUT2D eigenvalue weighted by atomic mass is 10.0. The molecule has 0 unspecified atom stereocenters. The van der Waals surface area contributed by atoms with Gasteiger partial charge in [0, 0.05) is 35.9 Å². The highest BCUT2D eigenvalue weighted by Crippen LogP contribution is 2.42. The summed E-state index contributed by atoms with van der Waals surface area (Å²) >= 11 is 12.2. The van der Waals surface area contributed by atoms with Gasteiger partial charge in [-0.25, -0.2) is 26.0 Å². The Kier molecular flexibility index (Phi) is 12.7. The minimum Gasteiger partial charge on any atom is -0.492 e. The molecule has 1 amide bonds. The van der Waals surface area contributed by atoms with Crippen LogP contribution in [0, 0.1) is 23.3 Å². The summed E-state index contributed by atoms with van der Waals surface area (Å²) in [5.74, 6) is -10.7. The third-order valence-electron chi connectivity index (χ3n) is 9.39. The summed E-state index contributed by atoms with van der Waals surface area (Å²) in [5, 5.41) is -1.52. The van der Waals surface area contributed by atoms with E-state index in [2.05, 4.69) is 11.0 Å². The number of amides is 1. The van der Waals surface area contributed by atoms with E-state index in [0.717, 1.165) is 24.1 Å². The van der Waals surface area contributed by atoms with Crippen molar-refractivity contribution in [1.29, 1.82) is 0 Å². The van der Waals surface area contributed by atoms with Gasteiger partial charge in [-0.05, 0) is 78.8 Å². The minimum atomic E-state index is -5.46. The molecule has 1 saturated carbocycles. The first-order valence-corrected chi connectivity index (χ1v) is 19.7. The van der Waals surface area contributed by atoms with E-state index >= 15 is 4.39 Å². The van der Waals surface area contributed by atoms with Crippen molar-refractivity contribution in [2.45, 2.75) is 43.7 Å². The number of morpholine rings is 1. The number of halogens is 6. The van der Waals surface area contributed by atoms with Gasteiger partial charge >= 0.3 is 0 Å². The second-order valence-corrected chi connectivity index (χ2v) is 15.8. The molecular formula is C39H35Cl2F4N3O7S. The van der Waals surface area contributed by atoms with Crippen molar-refractivity contribution >= 4 is 62.6 Å². The lowest BCUT2D eigenvalue weighted by molar-refractivity contribution is -0.119. The van der Waals surface area contributed by atoms with Crippen LogP contribution in [0.1, 0.15) is 52.7 Å². The van der Waals surface area contributed by atoms with Crippen LogP contribution >= 0.6 is 23.2 Å². The molecule has 10 nitrogen and oxygen atoms in total. The smallest absolute Gasteiger partial charge is 0.248 e. The van der Waals surface area contributed by atoms with Crippen LogP contribution < -0.4 is 14.5 Å². The van der Waals surface area contributed by atoms with Crippen LogP contribution in [-0.2, 0) is 37.4 Å². The summed E-state index contributed by atoms with van der Waals surface area (Å²) in [7, 11) is -5.46. The van der Waals surface area contributed by atoms with E-state index in [4.69, 9.17) is 32.7 Å². The SMILES string of the molecule is CCOc1cc(C(=O)C=O)ccc1N(Cc1cc(C2CC2)cc(N2CCOCC2)c1)C(=O)CN(Cc1ccccc1Cl)S(=O)(=O)c1c(F)c(F)c(F)c(F)c1Cl. The largest absolute Gasteiger partial charge is 0.492 e. The molecule has 1 saturated heterocycles. The van der Waals surface area contributed by atoms with Crippen LogP contribution in [0.2, 0.25) is 10.0 Å². The maximum absolute atomic E-state index is 15.3. The summed E-state index contributed by atoms with van der Waals surface area (Å²) in [5.41, 5.74) is 2.69. The molecule has 4 aromatic rings. The number of Topliss-reactive ketones (excluding diaryl/α,β-unsaturated/α-hetero) is 1. The zero-order valence-corrected chi connectivity index (χ0v) is 32.2. The number of benzene rings is 4. The first-order chi connectivity index (χ1) is 26.7. The van der Waals surface area contributed by atoms with Gasteiger partial charge in [-0.1, -0.05) is 47.5 Å². The summed E-state index contributed by atoms with van der Waals surface area (Å²) in [6, 6.07) is 15.7. The number of nitrogens with zero attached hydrogens (tertiary/aromatic N) is 3. The van der Waals surface area contributed by atoms with Crippen molar-refractivity contribution in [3.8, 4) is 5.75 Å². The van der Waals surface area contributed by atoms with E-state index in [0.29, 0.717) is 42.1 Å². The second kappa shape index (κ2) is 17.3. The van der Waals surface area contributed by atoms with Crippen molar-refractivity contribution in [3.05, 3.63) is 116 Å². The molecular weight excluding hydrogens is 801 g/mol. The molecule has 17 heteroatoms. The predicted molar refractivity (Wildman–Crippen MR) is 201 cm³/mol. The Hall–Kier alpha value is -4.54. The normalized spacial score (nSPS) is 14.5. The Balaban J connectivity index is 1.49. The van der Waals surface area contributed by atoms with Crippen molar-refractivity contribution < 1.29 is 49.8 Å². The van der Waals surface area contributed by atoms with Crippen LogP contribution in [0.25, 0.3) is 0 Å². The van der Waals surface area contributed by atoms with Crippen LogP contribution in [0.15, 0.2) is 65.6 Å². The predicted octanol–water partition coefficient (Wildman–Crippen LogP) is 7.47. The first kappa shape index (κ1) is 41.1. The Morgan fingerprint density at radius 3 is 2.29 bits per heavy atom. The van der Waals surface area contributed by atoms with Crippen LogP contribution in [0.4, 0.5) is 28.9 Å². The van der Waals surface area contributed by atoms with E-state index in [1.54, 1.807) is 13.0 Å². The fourth-order valence-electron chi connectivity index (χ4n) is 6.39. The molecule has 0 aromatic heterocycles. The van der Waals surface area contributed by atoms with Gasteiger partial charge in [0.15, 0.2) is 29.6 Å². The summed E-state index contributed by atoms with van der Waals surface area (Å²) in [4.78, 5) is 40.1. The highest BCUT2D eigenvalue weighted by molar-refractivity contribution is 7.89. The molecule has 1 aliphatic heterocycles. The monoisotopic (exact) mass is 835 g/mol. The summed E-state index contributed by atoms with van der Waals surface area (Å²) in [6.45, 7) is 1.97. The minimum absolute atomic E-state index is 0.00224. The van der Waals surface area contributed by atoms with Crippen LogP contribution in [-0.4, -0.2) is 70.2 Å². The van der Waals surface area contributed by atoms with Gasteiger partial charge in [0.05, 0.1) is 38.6 Å². The average molecular weight is 837 g/mol. The Morgan fingerprint density at radius 2 is 1.62 bits per heavy atom. The molecule has 6 rings (SSSR count). The number of ketones is 1. The van der Waals surface area contributed by atoms with Crippen molar-refractivity contribution in [3.63, 3.8) is 0 Å². The molecule has 56 heavy (non-hydrogen) atoms. The quantitative estimate of drug-likeness (QED) is 0.0303. The molecule has 2 aliphatic rings. The number of hydrogen-bond donors (Lipinski definition) is 0. The molecule has 0 bridgehead atoms. The molecule has 1 aliphatic carbocycles. The van der Waals surface area contributed by atoms with E-state index in [1.807, 2.05) is 12.1 Å². The van der Waals surface area contributed by atoms with Gasteiger partial charge in [0.1, 0.15) is 15.7 Å². The standard InChI is InChI=1S/C39H35Cl2F4N3O7S/c1-2-55-32-18-25(31(50)22-49)9-10-30(32)48(19-23-15-27(24-7-8-24)17-28(16-23)46-11-13-54-14-12-46)33(51)21-47(20-26-5-3-4-6-29(26)40)56(52,53)39-34(41)35(42)36(43)37(44)38(39)45/h3-6,9-10,15-18,22,24H,2,7-8,11-14,19-21H2,1H3. The van der Waals surface area contributed by atoms with Crippen LogP contribution in [0.3, 0.4) is 0 Å². The van der Waals surface area contributed by atoms with Gasteiger partial charge in [0.25, 0.3) is 0 Å². The van der Waals surface area contributed by atoms with Crippen molar-refractivity contribution in [1.82, 2.24) is 4.31 Å². The number of aldehydes is 1. The fourth-order valence-corrected chi connectivity index (χ4v) is 8.52. The maximum Gasteiger partial charge on any atom is 0.248 e. The highest BCUT2D eigenvalue weighted by atomic mass is 35.5. The van der Waals surface area contributed by atoms with E-state index in [9.17, 15) is 36.0 Å². The van der Waals surface area contributed by atoms with Crippen molar-refractivity contribution in [2.75, 3.05) is 49.3 Å². The van der Waals surface area contributed by atoms with Gasteiger partial charge in [-0.3, -0.25) is 14.4 Å². The highest BCUT2D eigenvalue weighted by Gasteiger charge is 2.38. The molecule has 0 radical (unpaired) electrons. The number of hydrogen-bond acceptors (Lipinski definition) is 8. The molecule has 0 spiro atoms. The number of rotatable bonds is 15. The number of ether oxygens (including phenoxy) is 2. The molecule has 2 fully saturated rings. The Bertz CT molecular complexity index is 2260. The maximum atomic E-state index is 15.3. The number of carbonyl (C=O) groups excluding carboxylic acids is 3. The Morgan fingerprint density at radius 1 is 0.929 bits per heavy atom. The van der Waals surface area contributed by atoms with Gasteiger partial charge in [0.2, 0.25) is 21.7 Å². The zero-order chi connectivity index (χ0) is 40.3. The van der Waals surface area contributed by atoms with Gasteiger partial charge < -0.3 is 19.3 Å². The van der Waals surface area contributed by atoms with Crippen molar-refractivity contribution in [2.24, 2.45) is 0 Å². The number of carbonyl (C=O) groups is 3. The first-order valence-electron chi connectivity index (χ1n) is 17.5. The summed E-state index contributed by atoms with van der Waals surface area (Å²) in [6.07, 6.45) is 2.05. The van der Waals surface area contributed by atoms with E-state index in [-0.39, 0.29) is 47.0 Å².